The number of aliphatic imine (C=N–C) groups is 1. The van der Waals surface area contributed by atoms with Gasteiger partial charge in [-0.25, -0.2) is 0 Å². The van der Waals surface area contributed by atoms with Crippen molar-refractivity contribution in [3.63, 3.8) is 0 Å². The summed E-state index contributed by atoms with van der Waals surface area (Å²) in [7, 11) is 1.95. The van der Waals surface area contributed by atoms with Gasteiger partial charge in [0, 0.05) is 31.7 Å². The molecule has 0 aliphatic heterocycles. The van der Waals surface area contributed by atoms with Gasteiger partial charge in [0.05, 0.1) is 12.7 Å². The maximum atomic E-state index is 4.79. The van der Waals surface area contributed by atoms with E-state index < -0.39 is 0 Å². The molecule has 0 bridgehead atoms. The quantitative estimate of drug-likeness (QED) is 0.269. The highest BCUT2D eigenvalue weighted by Crippen LogP contribution is 2.22. The Balaban J connectivity index is 0.00000338. The Labute approximate surface area is 174 Å². The molecule has 0 aliphatic carbocycles. The summed E-state index contributed by atoms with van der Waals surface area (Å²) in [4.78, 5) is 4.79. The van der Waals surface area contributed by atoms with Gasteiger partial charge in [0.1, 0.15) is 0 Å². The first-order chi connectivity index (χ1) is 12.0. The second-order valence-electron chi connectivity index (χ2n) is 7.00. The van der Waals surface area contributed by atoms with Crippen molar-refractivity contribution in [3.05, 3.63) is 53.9 Å². The molecule has 6 heteroatoms. The lowest BCUT2D eigenvalue weighted by molar-refractivity contribution is 0.537. The standard InChI is InChI=1S/C20H31N5.HI/c1-5-21-19(22-13-9-10-17-14-24-25(4)15-17)23-16-20(2,3)18-11-7-6-8-12-18;/h6-8,11-12,14-15H,5,9-10,13,16H2,1-4H3,(H2,21,22,23);1H. The Bertz CT molecular complexity index is 664. The third-order valence-corrected chi connectivity index (χ3v) is 4.22. The zero-order chi connectivity index (χ0) is 18.1. The van der Waals surface area contributed by atoms with Crippen LogP contribution in [-0.4, -0.2) is 35.4 Å². The fraction of sp³-hybridized carbons (Fsp3) is 0.500. The highest BCUT2D eigenvalue weighted by molar-refractivity contribution is 14.0. The summed E-state index contributed by atoms with van der Waals surface area (Å²) in [6, 6.07) is 10.6. The van der Waals surface area contributed by atoms with Crippen LogP contribution in [0.3, 0.4) is 0 Å². The van der Waals surface area contributed by atoms with E-state index in [1.54, 1.807) is 0 Å². The number of guanidine groups is 1. The van der Waals surface area contributed by atoms with Gasteiger partial charge in [-0.3, -0.25) is 9.67 Å². The van der Waals surface area contributed by atoms with Crippen LogP contribution >= 0.6 is 24.0 Å². The van der Waals surface area contributed by atoms with Crippen molar-refractivity contribution in [2.45, 2.75) is 39.0 Å². The average molecular weight is 469 g/mol. The van der Waals surface area contributed by atoms with E-state index in [0.717, 1.165) is 38.4 Å². The van der Waals surface area contributed by atoms with Gasteiger partial charge in [0.25, 0.3) is 0 Å². The Morgan fingerprint density at radius 2 is 1.92 bits per heavy atom. The molecule has 0 fully saturated rings. The topological polar surface area (TPSA) is 54.2 Å². The highest BCUT2D eigenvalue weighted by atomic mass is 127. The third-order valence-electron chi connectivity index (χ3n) is 4.22. The molecule has 0 saturated heterocycles. The van der Waals surface area contributed by atoms with Crippen LogP contribution in [0, 0.1) is 0 Å². The Morgan fingerprint density at radius 3 is 2.54 bits per heavy atom. The van der Waals surface area contributed by atoms with Crippen LogP contribution in [0.5, 0.6) is 0 Å². The zero-order valence-electron chi connectivity index (χ0n) is 16.3. The molecule has 0 aliphatic rings. The van der Waals surface area contributed by atoms with Crippen molar-refractivity contribution in [1.82, 2.24) is 20.4 Å². The first-order valence-corrected chi connectivity index (χ1v) is 9.06. The van der Waals surface area contributed by atoms with Crippen molar-refractivity contribution in [1.29, 1.82) is 0 Å². The largest absolute Gasteiger partial charge is 0.357 e. The van der Waals surface area contributed by atoms with Gasteiger partial charge in [-0.05, 0) is 30.9 Å². The Hall–Kier alpha value is -1.57. The molecule has 0 atom stereocenters. The van der Waals surface area contributed by atoms with Crippen LogP contribution in [0.15, 0.2) is 47.7 Å². The SMILES string of the molecule is CCNC(=NCC(C)(C)c1ccccc1)NCCCc1cnn(C)c1.I. The van der Waals surface area contributed by atoms with E-state index in [1.165, 1.54) is 11.1 Å². The van der Waals surface area contributed by atoms with E-state index >= 15 is 0 Å². The number of rotatable bonds is 8. The predicted octanol–water partition coefficient (Wildman–Crippen LogP) is 3.50. The molecular formula is C20H32IN5. The molecule has 5 nitrogen and oxygen atoms in total. The number of aryl methyl sites for hydroxylation is 2. The van der Waals surface area contributed by atoms with E-state index in [0.29, 0.717) is 0 Å². The molecule has 1 heterocycles. The van der Waals surface area contributed by atoms with E-state index in [9.17, 15) is 0 Å². The lowest BCUT2D eigenvalue weighted by Gasteiger charge is -2.24. The minimum atomic E-state index is 0. The number of aromatic nitrogens is 2. The van der Waals surface area contributed by atoms with Crippen molar-refractivity contribution in [2.24, 2.45) is 12.0 Å². The molecule has 2 aromatic rings. The molecule has 144 valence electrons. The molecule has 0 unspecified atom stereocenters. The summed E-state index contributed by atoms with van der Waals surface area (Å²) < 4.78 is 1.85. The van der Waals surface area contributed by atoms with Crippen LogP contribution in [0.25, 0.3) is 0 Å². The molecule has 26 heavy (non-hydrogen) atoms. The normalized spacial score (nSPS) is 11.8. The van der Waals surface area contributed by atoms with E-state index in [2.05, 4.69) is 73.0 Å². The van der Waals surface area contributed by atoms with Crippen molar-refractivity contribution < 1.29 is 0 Å². The fourth-order valence-electron chi connectivity index (χ4n) is 2.70. The number of nitrogens with zero attached hydrogens (tertiary/aromatic N) is 3. The molecule has 0 radical (unpaired) electrons. The van der Waals surface area contributed by atoms with E-state index in [-0.39, 0.29) is 29.4 Å². The monoisotopic (exact) mass is 469 g/mol. The second kappa shape index (κ2) is 11.2. The van der Waals surface area contributed by atoms with Crippen LogP contribution < -0.4 is 10.6 Å². The summed E-state index contributed by atoms with van der Waals surface area (Å²) in [6.07, 6.45) is 6.08. The molecule has 1 aromatic carbocycles. The molecule has 0 amide bonds. The predicted molar refractivity (Wildman–Crippen MR) is 120 cm³/mol. The van der Waals surface area contributed by atoms with Gasteiger partial charge < -0.3 is 10.6 Å². The van der Waals surface area contributed by atoms with Crippen molar-refractivity contribution >= 4 is 29.9 Å². The summed E-state index contributed by atoms with van der Waals surface area (Å²) in [5.41, 5.74) is 2.60. The molecule has 0 spiro atoms. The second-order valence-corrected chi connectivity index (χ2v) is 7.00. The number of benzene rings is 1. The number of hydrogen-bond donors (Lipinski definition) is 2. The van der Waals surface area contributed by atoms with Crippen molar-refractivity contribution in [3.8, 4) is 0 Å². The maximum Gasteiger partial charge on any atom is 0.191 e. The molecule has 2 N–H and O–H groups in total. The van der Waals surface area contributed by atoms with Gasteiger partial charge in [-0.1, -0.05) is 44.2 Å². The first-order valence-electron chi connectivity index (χ1n) is 9.06. The minimum Gasteiger partial charge on any atom is -0.357 e. The summed E-state index contributed by atoms with van der Waals surface area (Å²) in [5, 5.41) is 11.0. The fourth-order valence-corrected chi connectivity index (χ4v) is 2.70. The van der Waals surface area contributed by atoms with Gasteiger partial charge >= 0.3 is 0 Å². The van der Waals surface area contributed by atoms with Gasteiger partial charge in [0.15, 0.2) is 5.96 Å². The molecular weight excluding hydrogens is 437 g/mol. The summed E-state index contributed by atoms with van der Waals surface area (Å²) in [6.45, 7) is 9.06. The number of halogens is 1. The number of nitrogens with one attached hydrogen (secondary N) is 2. The molecule has 0 saturated carbocycles. The summed E-state index contributed by atoms with van der Waals surface area (Å²) in [5.74, 6) is 0.887. The van der Waals surface area contributed by atoms with Gasteiger partial charge in [0.2, 0.25) is 0 Å². The first kappa shape index (κ1) is 22.5. The Morgan fingerprint density at radius 1 is 1.19 bits per heavy atom. The smallest absolute Gasteiger partial charge is 0.191 e. The minimum absolute atomic E-state index is 0. The Kier molecular flexibility index (Phi) is 9.69. The van der Waals surface area contributed by atoms with Crippen LogP contribution in [0.2, 0.25) is 0 Å². The third kappa shape index (κ3) is 7.35. The zero-order valence-corrected chi connectivity index (χ0v) is 18.7. The van der Waals surface area contributed by atoms with Crippen LogP contribution in [0.4, 0.5) is 0 Å². The maximum absolute atomic E-state index is 4.79. The van der Waals surface area contributed by atoms with Gasteiger partial charge in [-0.2, -0.15) is 5.10 Å². The average Bonchev–Trinajstić information content (AvgIpc) is 3.02. The molecule has 1 aromatic heterocycles. The van der Waals surface area contributed by atoms with Crippen LogP contribution in [-0.2, 0) is 18.9 Å². The van der Waals surface area contributed by atoms with E-state index in [4.69, 9.17) is 4.99 Å². The lowest BCUT2D eigenvalue weighted by Crippen LogP contribution is -2.39. The number of hydrogen-bond acceptors (Lipinski definition) is 2. The lowest BCUT2D eigenvalue weighted by atomic mass is 9.85. The van der Waals surface area contributed by atoms with Gasteiger partial charge in [-0.15, -0.1) is 24.0 Å². The van der Waals surface area contributed by atoms with E-state index in [1.807, 2.05) is 17.9 Å². The highest BCUT2D eigenvalue weighted by Gasteiger charge is 2.19. The molecule has 2 rings (SSSR count). The van der Waals surface area contributed by atoms with Crippen molar-refractivity contribution in [2.75, 3.05) is 19.6 Å². The summed E-state index contributed by atoms with van der Waals surface area (Å²) >= 11 is 0. The van der Waals surface area contributed by atoms with Crippen LogP contribution in [0.1, 0.15) is 38.3 Å².